The summed E-state index contributed by atoms with van der Waals surface area (Å²) < 4.78 is 6.40. The number of phenolic OH excluding ortho intramolecular Hbond substituents is 5. The van der Waals surface area contributed by atoms with Gasteiger partial charge in [-0.05, 0) is 116 Å². The normalized spacial score (nSPS) is 21.2. The molecule has 0 spiro atoms. The topological polar surface area (TPSA) is 260 Å². The smallest absolute Gasteiger partial charge is 0.313 e. The number of carboxylic acid groups (broad SMARTS) is 4. The second-order valence-corrected chi connectivity index (χ2v) is 18.5. The lowest BCUT2D eigenvalue weighted by Crippen LogP contribution is -2.22. The molecule has 60 heavy (non-hydrogen) atoms. The van der Waals surface area contributed by atoms with Gasteiger partial charge in [-0.2, -0.15) is 0 Å². The highest BCUT2D eigenvalue weighted by atomic mass is 16.5. The first-order valence-corrected chi connectivity index (χ1v) is 21.9. The van der Waals surface area contributed by atoms with Gasteiger partial charge >= 0.3 is 23.9 Å². The Morgan fingerprint density at radius 3 is 1.30 bits per heavy atom. The molecule has 330 valence electrons. The van der Waals surface area contributed by atoms with Crippen molar-refractivity contribution in [2.24, 2.45) is 21.7 Å². The van der Waals surface area contributed by atoms with Crippen LogP contribution >= 0.6 is 0 Å². The summed E-state index contributed by atoms with van der Waals surface area (Å²) in [4.78, 5) is 47.7. The quantitative estimate of drug-likeness (QED) is 0.0222. The third-order valence-corrected chi connectivity index (χ3v) is 14.4. The summed E-state index contributed by atoms with van der Waals surface area (Å²) in [6, 6.07) is 2.44. The molecule has 6 rings (SSSR count). The van der Waals surface area contributed by atoms with Crippen LogP contribution in [0.3, 0.4) is 0 Å². The first-order chi connectivity index (χ1) is 28.5. The first kappa shape index (κ1) is 44.7. The zero-order valence-electron chi connectivity index (χ0n) is 34.5. The summed E-state index contributed by atoms with van der Waals surface area (Å²) in [5, 5.41) is 92.6. The van der Waals surface area contributed by atoms with E-state index in [-0.39, 0.29) is 29.4 Å². The van der Waals surface area contributed by atoms with Gasteiger partial charge in [0.05, 0.1) is 16.2 Å². The number of aromatic hydroxyl groups is 5. The number of carboxylic acids is 4. The lowest BCUT2D eigenvalue weighted by molar-refractivity contribution is -0.145. The molecule has 0 saturated heterocycles. The molecule has 4 fully saturated rings. The number of phenols is 5. The fourth-order valence-electron chi connectivity index (χ4n) is 9.39. The van der Waals surface area contributed by atoms with Gasteiger partial charge in [-0.3, -0.25) is 19.2 Å². The molecule has 2 aromatic carbocycles. The Bertz CT molecular complexity index is 1940. The molecule has 2 aromatic rings. The number of carbonyl (C=O) groups is 4. The van der Waals surface area contributed by atoms with Crippen LogP contribution in [0.25, 0.3) is 0 Å². The maximum atomic E-state index is 12.7. The van der Waals surface area contributed by atoms with Gasteiger partial charge in [0.1, 0.15) is 23.0 Å². The van der Waals surface area contributed by atoms with Crippen LogP contribution in [0.2, 0.25) is 0 Å². The lowest BCUT2D eigenvalue weighted by atomic mass is 9.91. The summed E-state index contributed by atoms with van der Waals surface area (Å²) >= 11 is 0. The third kappa shape index (κ3) is 9.84. The van der Waals surface area contributed by atoms with E-state index in [1.54, 1.807) is 0 Å². The molecule has 4 saturated carbocycles. The van der Waals surface area contributed by atoms with E-state index in [9.17, 15) is 65.1 Å². The maximum Gasteiger partial charge on any atom is 0.313 e. The van der Waals surface area contributed by atoms with Crippen molar-refractivity contribution < 1.29 is 69.9 Å². The molecule has 9 N–H and O–H groups in total. The van der Waals surface area contributed by atoms with E-state index in [0.29, 0.717) is 176 Å². The average Bonchev–Trinajstić information content (AvgIpc) is 4.00. The second-order valence-electron chi connectivity index (χ2n) is 18.5. The number of rotatable bonds is 28. The summed E-state index contributed by atoms with van der Waals surface area (Å²) in [5.74, 6) is -4.59. The van der Waals surface area contributed by atoms with Crippen molar-refractivity contribution in [2.45, 2.75) is 167 Å². The standard InChI is InChI=1S/C46H62O14/c47-32-25-33(48)37(50)30(14-6-10-17-45(23-24-45)41(56)57)28(32)11-3-2-8-18-46(42(58)59)27-36(46)60-35-26-34(49)38(51)31(13-4-1-7-15-43(19-20-43)39(52)53)29(35)12-5-9-16-44(21-22-44)40(54)55/h25-26,36,47-51H,1-24,27H2,(H,52,53)(H,54,55)(H,56,57)(H,58,59). The fraction of sp³-hybridized carbons (Fsp3) is 0.652. The van der Waals surface area contributed by atoms with Crippen molar-refractivity contribution >= 4 is 23.9 Å². The molecule has 0 amide bonds. The van der Waals surface area contributed by atoms with Crippen LogP contribution in [0.4, 0.5) is 0 Å². The Kier molecular flexibility index (Phi) is 13.4. The monoisotopic (exact) mass is 838 g/mol. The molecule has 14 nitrogen and oxygen atoms in total. The molecule has 14 heteroatoms. The Morgan fingerprint density at radius 2 is 0.850 bits per heavy atom. The van der Waals surface area contributed by atoms with Crippen molar-refractivity contribution in [3.63, 3.8) is 0 Å². The van der Waals surface area contributed by atoms with Gasteiger partial charge in [0.15, 0.2) is 23.0 Å². The van der Waals surface area contributed by atoms with Crippen LogP contribution in [-0.2, 0) is 44.9 Å². The zero-order chi connectivity index (χ0) is 43.5. The SMILES string of the molecule is O=C(O)C1(CCCCCc2c(O)c(O)cc(OC3CC3(CCCCCc3c(O)cc(O)c(O)c3CCCCC3(C(=O)O)CC3)C(=O)O)c2CCCCC2(C(=O)O)CC2)CC1. The minimum absolute atomic E-state index is 0.145. The molecule has 0 aromatic heterocycles. The Labute approximate surface area is 350 Å². The highest BCUT2D eigenvalue weighted by molar-refractivity contribution is 5.80. The first-order valence-electron chi connectivity index (χ1n) is 21.9. The molecule has 0 aliphatic heterocycles. The van der Waals surface area contributed by atoms with E-state index in [1.165, 1.54) is 6.07 Å². The van der Waals surface area contributed by atoms with Crippen molar-refractivity contribution in [3.8, 4) is 34.5 Å². The van der Waals surface area contributed by atoms with Crippen molar-refractivity contribution in [1.82, 2.24) is 0 Å². The van der Waals surface area contributed by atoms with Gasteiger partial charge in [-0.1, -0.05) is 38.5 Å². The van der Waals surface area contributed by atoms with E-state index in [0.717, 1.165) is 12.5 Å². The molecule has 4 aliphatic rings. The molecule has 2 atom stereocenters. The zero-order valence-corrected chi connectivity index (χ0v) is 34.5. The highest BCUT2D eigenvalue weighted by Gasteiger charge is 2.62. The molecule has 2 unspecified atom stereocenters. The molecule has 0 radical (unpaired) electrons. The Balaban J connectivity index is 1.06. The molecule has 0 bridgehead atoms. The molecule has 0 heterocycles. The predicted molar refractivity (Wildman–Crippen MR) is 218 cm³/mol. The fourth-order valence-corrected chi connectivity index (χ4v) is 9.39. The van der Waals surface area contributed by atoms with E-state index >= 15 is 0 Å². The average molecular weight is 839 g/mol. The minimum atomic E-state index is -1.17. The van der Waals surface area contributed by atoms with Crippen LogP contribution < -0.4 is 4.74 Å². The molecule has 4 aliphatic carbocycles. The number of benzene rings is 2. The van der Waals surface area contributed by atoms with Gasteiger partial charge in [-0.15, -0.1) is 0 Å². The third-order valence-electron chi connectivity index (χ3n) is 14.4. The number of ether oxygens (including phenoxy) is 1. The van der Waals surface area contributed by atoms with E-state index in [2.05, 4.69) is 0 Å². The van der Waals surface area contributed by atoms with Crippen LogP contribution in [0.1, 0.15) is 157 Å². The van der Waals surface area contributed by atoms with Crippen LogP contribution in [0.15, 0.2) is 12.1 Å². The molecular formula is C46H62O14. The number of aliphatic carboxylic acids is 4. The van der Waals surface area contributed by atoms with Gasteiger partial charge in [0.25, 0.3) is 0 Å². The highest BCUT2D eigenvalue weighted by Crippen LogP contribution is 2.55. The van der Waals surface area contributed by atoms with Crippen LogP contribution in [-0.4, -0.2) is 75.9 Å². The van der Waals surface area contributed by atoms with Crippen LogP contribution in [0, 0.1) is 21.7 Å². The lowest BCUT2D eigenvalue weighted by Gasteiger charge is -2.20. The second kappa shape index (κ2) is 18.0. The summed E-state index contributed by atoms with van der Waals surface area (Å²) in [6.07, 6.45) is 13.2. The summed E-state index contributed by atoms with van der Waals surface area (Å²) in [6.45, 7) is 0. The summed E-state index contributed by atoms with van der Waals surface area (Å²) in [7, 11) is 0. The summed E-state index contributed by atoms with van der Waals surface area (Å²) in [5.41, 5.74) is -1.04. The van der Waals surface area contributed by atoms with Crippen molar-refractivity contribution in [1.29, 1.82) is 0 Å². The largest absolute Gasteiger partial charge is 0.508 e. The number of hydrogen-bond donors (Lipinski definition) is 9. The number of hydrogen-bond acceptors (Lipinski definition) is 10. The van der Waals surface area contributed by atoms with Gasteiger partial charge in [-0.25, -0.2) is 0 Å². The van der Waals surface area contributed by atoms with Gasteiger partial charge in [0, 0.05) is 40.8 Å². The van der Waals surface area contributed by atoms with Gasteiger partial charge < -0.3 is 50.7 Å². The van der Waals surface area contributed by atoms with Crippen LogP contribution in [0.5, 0.6) is 34.5 Å². The van der Waals surface area contributed by atoms with E-state index in [4.69, 9.17) is 4.74 Å². The number of unbranched alkanes of at least 4 members (excludes halogenated alkanes) is 6. The van der Waals surface area contributed by atoms with Crippen molar-refractivity contribution in [3.05, 3.63) is 34.4 Å². The van der Waals surface area contributed by atoms with E-state index < -0.39 is 57.4 Å². The Hall–Kier alpha value is -4.88. The minimum Gasteiger partial charge on any atom is -0.508 e. The Morgan fingerprint density at radius 1 is 0.467 bits per heavy atom. The van der Waals surface area contributed by atoms with Gasteiger partial charge in [0.2, 0.25) is 0 Å². The predicted octanol–water partition coefficient (Wildman–Crippen LogP) is 8.36. The molecular weight excluding hydrogens is 776 g/mol. The van der Waals surface area contributed by atoms with Crippen molar-refractivity contribution in [2.75, 3.05) is 0 Å². The van der Waals surface area contributed by atoms with E-state index in [1.807, 2.05) is 0 Å². The maximum absolute atomic E-state index is 12.7.